The van der Waals surface area contributed by atoms with Crippen LogP contribution in [0.4, 0.5) is 10.1 Å². The van der Waals surface area contributed by atoms with Crippen LogP contribution in [0.5, 0.6) is 11.5 Å². The quantitative estimate of drug-likeness (QED) is 0.772. The molecule has 0 saturated carbocycles. The molecule has 0 aliphatic rings. The lowest BCUT2D eigenvalue weighted by molar-refractivity contribution is -0.111. The second kappa shape index (κ2) is 8.72. The fraction of sp³-hybridized carbons (Fsp3) is 0.211. The summed E-state index contributed by atoms with van der Waals surface area (Å²) in [5, 5.41) is 2.75. The SMILES string of the molecule is CCOc1ccc(OCC)c(NC(=O)/C=C/c2cccc(F)c2)c1. The van der Waals surface area contributed by atoms with Crippen LogP contribution in [0.1, 0.15) is 19.4 Å². The van der Waals surface area contributed by atoms with Crippen LogP contribution in [0.3, 0.4) is 0 Å². The number of halogens is 1. The summed E-state index contributed by atoms with van der Waals surface area (Å²) in [6, 6.07) is 11.3. The Morgan fingerprint density at radius 2 is 1.92 bits per heavy atom. The Bertz CT molecular complexity index is 728. The van der Waals surface area contributed by atoms with Crippen LogP contribution in [0.25, 0.3) is 6.08 Å². The van der Waals surface area contributed by atoms with Gasteiger partial charge in [0.05, 0.1) is 18.9 Å². The largest absolute Gasteiger partial charge is 0.494 e. The van der Waals surface area contributed by atoms with E-state index in [1.54, 1.807) is 36.4 Å². The minimum Gasteiger partial charge on any atom is -0.494 e. The minimum atomic E-state index is -0.347. The predicted molar refractivity (Wildman–Crippen MR) is 92.8 cm³/mol. The van der Waals surface area contributed by atoms with Gasteiger partial charge in [0.15, 0.2) is 0 Å². The number of anilines is 1. The number of rotatable bonds is 7. The maximum absolute atomic E-state index is 13.1. The Balaban J connectivity index is 2.13. The minimum absolute atomic E-state index is 0.339. The number of hydrogen-bond donors (Lipinski definition) is 1. The molecule has 126 valence electrons. The second-order valence-corrected chi connectivity index (χ2v) is 4.90. The van der Waals surface area contributed by atoms with E-state index in [9.17, 15) is 9.18 Å². The van der Waals surface area contributed by atoms with Crippen LogP contribution < -0.4 is 14.8 Å². The molecule has 4 nitrogen and oxygen atoms in total. The first-order valence-corrected chi connectivity index (χ1v) is 7.76. The highest BCUT2D eigenvalue weighted by atomic mass is 19.1. The Morgan fingerprint density at radius 3 is 2.62 bits per heavy atom. The van der Waals surface area contributed by atoms with Gasteiger partial charge in [-0.2, -0.15) is 0 Å². The Hall–Kier alpha value is -2.82. The lowest BCUT2D eigenvalue weighted by Crippen LogP contribution is -2.10. The molecular formula is C19H20FNO3. The molecule has 5 heteroatoms. The molecule has 0 aromatic heterocycles. The van der Waals surface area contributed by atoms with Crippen molar-refractivity contribution in [1.29, 1.82) is 0 Å². The van der Waals surface area contributed by atoms with E-state index in [1.165, 1.54) is 18.2 Å². The van der Waals surface area contributed by atoms with Crippen molar-refractivity contribution in [2.75, 3.05) is 18.5 Å². The number of nitrogens with one attached hydrogen (secondary N) is 1. The summed E-state index contributed by atoms with van der Waals surface area (Å²) in [7, 11) is 0. The third-order valence-electron chi connectivity index (χ3n) is 3.10. The maximum Gasteiger partial charge on any atom is 0.248 e. The van der Waals surface area contributed by atoms with Gasteiger partial charge in [0.25, 0.3) is 0 Å². The molecule has 0 aliphatic carbocycles. The number of carbonyl (C=O) groups is 1. The van der Waals surface area contributed by atoms with Crippen LogP contribution >= 0.6 is 0 Å². The molecule has 0 saturated heterocycles. The van der Waals surface area contributed by atoms with Crippen LogP contribution in [-0.4, -0.2) is 19.1 Å². The molecule has 0 heterocycles. The average Bonchev–Trinajstić information content (AvgIpc) is 2.56. The molecule has 2 aromatic carbocycles. The number of amides is 1. The van der Waals surface area contributed by atoms with E-state index in [2.05, 4.69) is 5.32 Å². The van der Waals surface area contributed by atoms with Gasteiger partial charge in [-0.15, -0.1) is 0 Å². The zero-order valence-electron chi connectivity index (χ0n) is 13.7. The highest BCUT2D eigenvalue weighted by molar-refractivity contribution is 6.02. The van der Waals surface area contributed by atoms with Crippen molar-refractivity contribution in [2.24, 2.45) is 0 Å². The first kappa shape index (κ1) is 17.5. The van der Waals surface area contributed by atoms with Crippen LogP contribution in [-0.2, 0) is 4.79 Å². The van der Waals surface area contributed by atoms with Crippen LogP contribution in [0.2, 0.25) is 0 Å². The van der Waals surface area contributed by atoms with E-state index >= 15 is 0 Å². The number of carbonyl (C=O) groups excluding carboxylic acids is 1. The Labute approximate surface area is 140 Å². The van der Waals surface area contributed by atoms with Gasteiger partial charge in [0, 0.05) is 12.1 Å². The summed E-state index contributed by atoms with van der Waals surface area (Å²) >= 11 is 0. The summed E-state index contributed by atoms with van der Waals surface area (Å²) in [5.74, 6) is 0.522. The van der Waals surface area contributed by atoms with Gasteiger partial charge in [-0.05, 0) is 49.8 Å². The molecule has 1 N–H and O–H groups in total. The molecule has 2 rings (SSSR count). The Morgan fingerprint density at radius 1 is 1.12 bits per heavy atom. The summed E-state index contributed by atoms with van der Waals surface area (Å²) in [6.45, 7) is 4.76. The smallest absolute Gasteiger partial charge is 0.248 e. The molecule has 1 amide bonds. The van der Waals surface area contributed by atoms with E-state index in [4.69, 9.17) is 9.47 Å². The highest BCUT2D eigenvalue weighted by Gasteiger charge is 2.08. The van der Waals surface area contributed by atoms with Crippen molar-refractivity contribution in [2.45, 2.75) is 13.8 Å². The first-order valence-electron chi connectivity index (χ1n) is 7.76. The molecule has 0 atom stereocenters. The van der Waals surface area contributed by atoms with Crippen LogP contribution in [0, 0.1) is 5.82 Å². The molecule has 0 radical (unpaired) electrons. The third-order valence-corrected chi connectivity index (χ3v) is 3.10. The molecule has 0 fully saturated rings. The van der Waals surface area contributed by atoms with E-state index in [0.717, 1.165) is 0 Å². The van der Waals surface area contributed by atoms with Gasteiger partial charge < -0.3 is 14.8 Å². The van der Waals surface area contributed by atoms with Crippen LogP contribution in [0.15, 0.2) is 48.5 Å². The molecule has 2 aromatic rings. The topological polar surface area (TPSA) is 47.6 Å². The molecule has 0 spiro atoms. The number of ether oxygens (including phenoxy) is 2. The fourth-order valence-electron chi connectivity index (χ4n) is 2.10. The normalized spacial score (nSPS) is 10.6. The van der Waals surface area contributed by atoms with E-state index in [0.29, 0.717) is 36.0 Å². The number of benzene rings is 2. The van der Waals surface area contributed by atoms with Gasteiger partial charge >= 0.3 is 0 Å². The summed E-state index contributed by atoms with van der Waals surface area (Å²) in [5.41, 5.74) is 1.13. The first-order chi connectivity index (χ1) is 11.6. The average molecular weight is 329 g/mol. The van der Waals surface area contributed by atoms with Crippen molar-refractivity contribution in [3.63, 3.8) is 0 Å². The maximum atomic E-state index is 13.1. The highest BCUT2D eigenvalue weighted by Crippen LogP contribution is 2.29. The van der Waals surface area contributed by atoms with E-state index < -0.39 is 0 Å². The summed E-state index contributed by atoms with van der Waals surface area (Å²) < 4.78 is 24.1. The van der Waals surface area contributed by atoms with Crippen molar-refractivity contribution in [3.05, 3.63) is 59.9 Å². The molecule has 24 heavy (non-hydrogen) atoms. The van der Waals surface area contributed by atoms with Gasteiger partial charge in [-0.1, -0.05) is 12.1 Å². The van der Waals surface area contributed by atoms with E-state index in [-0.39, 0.29) is 11.7 Å². The molecule has 0 aliphatic heterocycles. The van der Waals surface area contributed by atoms with Gasteiger partial charge in [-0.25, -0.2) is 4.39 Å². The van der Waals surface area contributed by atoms with Gasteiger partial charge in [0.2, 0.25) is 5.91 Å². The van der Waals surface area contributed by atoms with Gasteiger partial charge in [0.1, 0.15) is 17.3 Å². The van der Waals surface area contributed by atoms with E-state index in [1.807, 2.05) is 13.8 Å². The summed E-state index contributed by atoms with van der Waals surface area (Å²) in [4.78, 5) is 12.1. The van der Waals surface area contributed by atoms with Crippen molar-refractivity contribution in [1.82, 2.24) is 0 Å². The Kier molecular flexibility index (Phi) is 6.37. The second-order valence-electron chi connectivity index (χ2n) is 4.90. The lowest BCUT2D eigenvalue weighted by atomic mass is 10.2. The third kappa shape index (κ3) is 5.12. The standard InChI is InChI=1S/C19H20FNO3/c1-3-23-16-9-10-18(24-4-2)17(13-16)21-19(22)11-8-14-6-5-7-15(20)12-14/h5-13H,3-4H2,1-2H3,(H,21,22)/b11-8+. The molecule has 0 unspecified atom stereocenters. The van der Waals surface area contributed by atoms with Crippen molar-refractivity contribution < 1.29 is 18.7 Å². The monoisotopic (exact) mass is 329 g/mol. The van der Waals surface area contributed by atoms with Crippen molar-refractivity contribution >= 4 is 17.7 Å². The molecular weight excluding hydrogens is 309 g/mol. The van der Waals surface area contributed by atoms with Crippen molar-refractivity contribution in [3.8, 4) is 11.5 Å². The zero-order chi connectivity index (χ0) is 17.4. The van der Waals surface area contributed by atoms with Gasteiger partial charge in [-0.3, -0.25) is 4.79 Å². The lowest BCUT2D eigenvalue weighted by Gasteiger charge is -2.12. The zero-order valence-corrected chi connectivity index (χ0v) is 13.7. The molecule has 0 bridgehead atoms. The number of hydrogen-bond acceptors (Lipinski definition) is 3. The predicted octanol–water partition coefficient (Wildman–Crippen LogP) is 4.28. The fourth-order valence-corrected chi connectivity index (χ4v) is 2.10. The summed E-state index contributed by atoms with van der Waals surface area (Å²) in [6.07, 6.45) is 2.89.